The number of amides is 2. The zero-order valence-electron chi connectivity index (χ0n) is 15.8. The van der Waals surface area contributed by atoms with E-state index in [2.05, 4.69) is 15.6 Å². The zero-order chi connectivity index (χ0) is 19.9. The summed E-state index contributed by atoms with van der Waals surface area (Å²) in [6.07, 6.45) is 6.47. The fourth-order valence-electron chi connectivity index (χ4n) is 2.56. The number of carbonyl (C=O) groups excluding carboxylic acids is 2. The molecule has 5 nitrogen and oxygen atoms in total. The summed E-state index contributed by atoms with van der Waals surface area (Å²) in [5.74, 6) is -0.506. The topological polar surface area (TPSA) is 71.1 Å². The fraction of sp³-hybridized carbons (Fsp3) is 0.0870. The van der Waals surface area contributed by atoms with Gasteiger partial charge in [-0.3, -0.25) is 14.6 Å². The van der Waals surface area contributed by atoms with Gasteiger partial charge in [0.05, 0.1) is 0 Å². The van der Waals surface area contributed by atoms with Crippen molar-refractivity contribution in [2.45, 2.75) is 13.8 Å². The van der Waals surface area contributed by atoms with Crippen LogP contribution in [0.2, 0.25) is 0 Å². The van der Waals surface area contributed by atoms with Crippen LogP contribution in [0.4, 0.5) is 11.4 Å². The van der Waals surface area contributed by atoms with Crippen molar-refractivity contribution in [3.8, 4) is 0 Å². The van der Waals surface area contributed by atoms with Crippen molar-refractivity contribution in [1.29, 1.82) is 0 Å². The van der Waals surface area contributed by atoms with Crippen molar-refractivity contribution in [1.82, 2.24) is 4.98 Å². The van der Waals surface area contributed by atoms with Crippen LogP contribution in [0, 0.1) is 13.8 Å². The molecule has 0 bridgehead atoms. The summed E-state index contributed by atoms with van der Waals surface area (Å²) in [6.45, 7) is 3.87. The molecule has 2 amide bonds. The monoisotopic (exact) mass is 371 g/mol. The molecule has 140 valence electrons. The number of carbonyl (C=O) groups is 2. The fourth-order valence-corrected chi connectivity index (χ4v) is 2.56. The summed E-state index contributed by atoms with van der Waals surface area (Å²) in [6, 6.07) is 16.5. The molecule has 0 aliphatic rings. The Morgan fingerprint density at radius 2 is 1.75 bits per heavy atom. The van der Waals surface area contributed by atoms with Gasteiger partial charge in [0.25, 0.3) is 5.91 Å². The molecule has 2 N–H and O–H groups in total. The summed E-state index contributed by atoms with van der Waals surface area (Å²) in [7, 11) is 0. The van der Waals surface area contributed by atoms with Gasteiger partial charge >= 0.3 is 0 Å². The van der Waals surface area contributed by atoms with Crippen LogP contribution in [0.15, 0.2) is 73.1 Å². The summed E-state index contributed by atoms with van der Waals surface area (Å²) in [4.78, 5) is 28.7. The number of rotatable bonds is 5. The third kappa shape index (κ3) is 5.14. The second kappa shape index (κ2) is 8.77. The number of nitrogens with one attached hydrogen (secondary N) is 2. The lowest BCUT2D eigenvalue weighted by molar-refractivity contribution is -0.111. The standard InChI is InChI=1S/C23H21N3O2/c1-16-5-10-20(11-6-16)25-23(28)19-9-7-17(2)21(14-19)26-22(27)12-8-18-4-3-13-24-15-18/h3-15H,1-2H3,(H,25,28)(H,26,27). The van der Waals surface area contributed by atoms with Crippen LogP contribution < -0.4 is 10.6 Å². The van der Waals surface area contributed by atoms with Crippen molar-refractivity contribution in [2.24, 2.45) is 0 Å². The Hall–Kier alpha value is -3.73. The first kappa shape index (κ1) is 19.0. The molecular weight excluding hydrogens is 350 g/mol. The van der Waals surface area contributed by atoms with E-state index in [-0.39, 0.29) is 11.8 Å². The first-order valence-corrected chi connectivity index (χ1v) is 8.89. The highest BCUT2D eigenvalue weighted by atomic mass is 16.2. The Bertz CT molecular complexity index is 1010. The first-order valence-electron chi connectivity index (χ1n) is 8.89. The molecular formula is C23H21N3O2. The van der Waals surface area contributed by atoms with E-state index >= 15 is 0 Å². The van der Waals surface area contributed by atoms with Crippen molar-refractivity contribution >= 4 is 29.3 Å². The number of aromatic nitrogens is 1. The molecule has 3 rings (SSSR count). The molecule has 2 aromatic carbocycles. The summed E-state index contributed by atoms with van der Waals surface area (Å²) >= 11 is 0. The maximum absolute atomic E-state index is 12.5. The number of benzene rings is 2. The Labute approximate surface area is 164 Å². The molecule has 3 aromatic rings. The zero-order valence-corrected chi connectivity index (χ0v) is 15.8. The van der Waals surface area contributed by atoms with E-state index in [0.717, 1.165) is 22.4 Å². The van der Waals surface area contributed by atoms with E-state index in [0.29, 0.717) is 11.3 Å². The molecule has 1 heterocycles. The molecule has 0 aliphatic carbocycles. The molecule has 0 atom stereocenters. The average Bonchev–Trinajstić information content (AvgIpc) is 2.70. The molecule has 0 fully saturated rings. The minimum Gasteiger partial charge on any atom is -0.322 e. The van der Waals surface area contributed by atoms with Crippen molar-refractivity contribution in [3.63, 3.8) is 0 Å². The molecule has 0 unspecified atom stereocenters. The minimum absolute atomic E-state index is 0.231. The maximum Gasteiger partial charge on any atom is 0.255 e. The van der Waals surface area contributed by atoms with Crippen LogP contribution in [-0.2, 0) is 4.79 Å². The van der Waals surface area contributed by atoms with E-state index in [4.69, 9.17) is 0 Å². The van der Waals surface area contributed by atoms with Crippen LogP contribution >= 0.6 is 0 Å². The van der Waals surface area contributed by atoms with Gasteiger partial charge in [-0.05, 0) is 61.4 Å². The van der Waals surface area contributed by atoms with E-state index in [1.54, 1.807) is 36.7 Å². The van der Waals surface area contributed by atoms with Gasteiger partial charge in [-0.25, -0.2) is 0 Å². The molecule has 1 aromatic heterocycles. The van der Waals surface area contributed by atoms with Gasteiger partial charge in [-0.2, -0.15) is 0 Å². The minimum atomic E-state index is -0.275. The van der Waals surface area contributed by atoms with Gasteiger partial charge in [0.2, 0.25) is 5.91 Å². The lowest BCUT2D eigenvalue weighted by Crippen LogP contribution is -2.14. The van der Waals surface area contributed by atoms with Gasteiger partial charge in [-0.15, -0.1) is 0 Å². The SMILES string of the molecule is Cc1ccc(NC(=O)c2ccc(C)c(NC(=O)C=Cc3cccnc3)c2)cc1. The molecule has 0 saturated carbocycles. The highest BCUT2D eigenvalue weighted by molar-refractivity contribution is 6.07. The van der Waals surface area contributed by atoms with Crippen LogP contribution in [0.3, 0.4) is 0 Å². The van der Waals surface area contributed by atoms with Gasteiger partial charge in [0.1, 0.15) is 0 Å². The van der Waals surface area contributed by atoms with Crippen LogP contribution in [0.5, 0.6) is 0 Å². The summed E-state index contributed by atoms with van der Waals surface area (Å²) in [5, 5.41) is 5.68. The number of nitrogens with zero attached hydrogens (tertiary/aromatic N) is 1. The second-order valence-corrected chi connectivity index (χ2v) is 6.46. The smallest absolute Gasteiger partial charge is 0.255 e. The lowest BCUT2D eigenvalue weighted by Gasteiger charge is -2.10. The normalized spacial score (nSPS) is 10.6. The van der Waals surface area contributed by atoms with E-state index in [1.165, 1.54) is 6.08 Å². The first-order chi connectivity index (χ1) is 13.5. The van der Waals surface area contributed by atoms with Gasteiger partial charge in [0, 0.05) is 35.4 Å². The number of aryl methyl sites for hydroxylation is 2. The third-order valence-electron chi connectivity index (χ3n) is 4.18. The summed E-state index contributed by atoms with van der Waals surface area (Å²) in [5.41, 5.74) is 4.62. The maximum atomic E-state index is 12.5. The molecule has 28 heavy (non-hydrogen) atoms. The quantitative estimate of drug-likeness (QED) is 0.644. The summed E-state index contributed by atoms with van der Waals surface area (Å²) < 4.78 is 0. The molecule has 0 saturated heterocycles. The molecule has 5 heteroatoms. The molecule has 0 spiro atoms. The van der Waals surface area contributed by atoms with Gasteiger partial charge in [0.15, 0.2) is 0 Å². The largest absolute Gasteiger partial charge is 0.322 e. The third-order valence-corrected chi connectivity index (χ3v) is 4.18. The molecule has 0 aliphatic heterocycles. The Balaban J connectivity index is 1.70. The van der Waals surface area contributed by atoms with Crippen LogP contribution in [0.25, 0.3) is 6.08 Å². The average molecular weight is 371 g/mol. The van der Waals surface area contributed by atoms with Gasteiger partial charge in [-0.1, -0.05) is 29.8 Å². The van der Waals surface area contributed by atoms with Crippen molar-refractivity contribution in [2.75, 3.05) is 10.6 Å². The van der Waals surface area contributed by atoms with Crippen LogP contribution in [0.1, 0.15) is 27.0 Å². The number of hydrogen-bond acceptors (Lipinski definition) is 3. The predicted molar refractivity (Wildman–Crippen MR) is 112 cm³/mol. The number of pyridine rings is 1. The van der Waals surface area contributed by atoms with Crippen molar-refractivity contribution < 1.29 is 9.59 Å². The van der Waals surface area contributed by atoms with E-state index in [9.17, 15) is 9.59 Å². The predicted octanol–water partition coefficient (Wildman–Crippen LogP) is 4.60. The number of anilines is 2. The van der Waals surface area contributed by atoms with Crippen LogP contribution in [-0.4, -0.2) is 16.8 Å². The Kier molecular flexibility index (Phi) is 5.97. The van der Waals surface area contributed by atoms with E-state index in [1.807, 2.05) is 50.2 Å². The highest BCUT2D eigenvalue weighted by Crippen LogP contribution is 2.19. The Morgan fingerprint density at radius 1 is 0.964 bits per heavy atom. The number of hydrogen-bond donors (Lipinski definition) is 2. The lowest BCUT2D eigenvalue weighted by atomic mass is 10.1. The second-order valence-electron chi connectivity index (χ2n) is 6.46. The molecule has 0 radical (unpaired) electrons. The Morgan fingerprint density at radius 3 is 2.46 bits per heavy atom. The van der Waals surface area contributed by atoms with Gasteiger partial charge < -0.3 is 10.6 Å². The van der Waals surface area contributed by atoms with Crippen molar-refractivity contribution in [3.05, 3.63) is 95.3 Å². The van der Waals surface area contributed by atoms with E-state index < -0.39 is 0 Å². The highest BCUT2D eigenvalue weighted by Gasteiger charge is 2.10.